The van der Waals surface area contributed by atoms with Crippen LogP contribution in [0, 0.1) is 0 Å². The summed E-state index contributed by atoms with van der Waals surface area (Å²) in [6.07, 6.45) is 5.44. The van der Waals surface area contributed by atoms with Gasteiger partial charge in [0.25, 0.3) is 5.91 Å². The predicted molar refractivity (Wildman–Crippen MR) is 94.2 cm³/mol. The highest BCUT2D eigenvalue weighted by atomic mass is 32.2. The molecule has 0 bridgehead atoms. The molecule has 1 saturated heterocycles. The zero-order valence-corrected chi connectivity index (χ0v) is 13.9. The molecule has 5 nitrogen and oxygen atoms in total. The highest BCUT2D eigenvalue weighted by Crippen LogP contribution is 2.31. The summed E-state index contributed by atoms with van der Waals surface area (Å²) in [4.78, 5) is 30.1. The first kappa shape index (κ1) is 15.8. The van der Waals surface area contributed by atoms with E-state index >= 15 is 0 Å². The highest BCUT2D eigenvalue weighted by molar-refractivity contribution is 8.18. The summed E-state index contributed by atoms with van der Waals surface area (Å²) in [7, 11) is 0. The van der Waals surface area contributed by atoms with E-state index in [1.807, 2.05) is 30.3 Å². The summed E-state index contributed by atoms with van der Waals surface area (Å²) in [6, 6.07) is 7.41. The molecule has 0 radical (unpaired) electrons. The van der Waals surface area contributed by atoms with E-state index < -0.39 is 0 Å². The third-order valence-electron chi connectivity index (χ3n) is 3.76. The first-order chi connectivity index (χ1) is 11.1. The van der Waals surface area contributed by atoms with Crippen LogP contribution in [-0.4, -0.2) is 35.0 Å². The number of amidine groups is 1. The van der Waals surface area contributed by atoms with E-state index in [1.54, 1.807) is 0 Å². The summed E-state index contributed by atoms with van der Waals surface area (Å²) < 4.78 is 0. The number of hydrogen-bond donors (Lipinski definition) is 1. The molecule has 0 atom stereocenters. The number of nitrogens with zero attached hydrogens (tertiary/aromatic N) is 2. The molecule has 2 aliphatic heterocycles. The molecule has 1 aromatic rings. The second-order valence-corrected chi connectivity index (χ2v) is 6.67. The molecule has 120 valence electrons. The van der Waals surface area contributed by atoms with Crippen molar-refractivity contribution in [2.45, 2.75) is 26.2 Å². The first-order valence-electron chi connectivity index (χ1n) is 7.77. The van der Waals surface area contributed by atoms with Crippen molar-refractivity contribution in [3.8, 4) is 0 Å². The number of thioether (sulfide) groups is 1. The Labute approximate surface area is 139 Å². The van der Waals surface area contributed by atoms with E-state index in [0.717, 1.165) is 42.3 Å². The Morgan fingerprint density at radius 1 is 1.22 bits per heavy atom. The topological polar surface area (TPSA) is 61.8 Å². The van der Waals surface area contributed by atoms with Gasteiger partial charge in [-0.2, -0.15) is 4.99 Å². The SMILES string of the molecule is CC(=O)Nc1ccc(/C=C2/SC(N3CCCCC3)=NC2=O)cc1. The standard InChI is InChI=1S/C17H19N3O2S/c1-12(21)18-14-7-5-13(6-8-14)11-15-16(22)19-17(23-15)20-9-3-2-4-10-20/h5-8,11H,2-4,9-10H2,1H3,(H,18,21)/b15-11+. The Balaban J connectivity index is 1.68. The fourth-order valence-electron chi connectivity index (χ4n) is 2.64. The minimum Gasteiger partial charge on any atom is -0.351 e. The van der Waals surface area contributed by atoms with Gasteiger partial charge in [-0.15, -0.1) is 0 Å². The summed E-state index contributed by atoms with van der Waals surface area (Å²) in [5.41, 5.74) is 1.67. The lowest BCUT2D eigenvalue weighted by atomic mass is 10.1. The smallest absolute Gasteiger partial charge is 0.286 e. The van der Waals surface area contributed by atoms with Gasteiger partial charge < -0.3 is 10.2 Å². The number of nitrogens with one attached hydrogen (secondary N) is 1. The van der Waals surface area contributed by atoms with Crippen LogP contribution in [0.5, 0.6) is 0 Å². The van der Waals surface area contributed by atoms with Gasteiger partial charge in [-0.3, -0.25) is 9.59 Å². The van der Waals surface area contributed by atoms with Gasteiger partial charge in [0.05, 0.1) is 4.91 Å². The molecule has 6 heteroatoms. The van der Waals surface area contributed by atoms with Crippen molar-refractivity contribution >= 4 is 40.5 Å². The molecule has 1 aromatic carbocycles. The second-order valence-electron chi connectivity index (χ2n) is 5.66. The Kier molecular flexibility index (Phi) is 4.81. The van der Waals surface area contributed by atoms with E-state index in [4.69, 9.17) is 0 Å². The molecule has 1 N–H and O–H groups in total. The Morgan fingerprint density at radius 3 is 2.57 bits per heavy atom. The van der Waals surface area contributed by atoms with E-state index in [2.05, 4.69) is 15.2 Å². The summed E-state index contributed by atoms with van der Waals surface area (Å²) in [5.74, 6) is -0.265. The maximum atomic E-state index is 12.1. The van der Waals surface area contributed by atoms with Crippen molar-refractivity contribution in [3.63, 3.8) is 0 Å². The normalized spacial score (nSPS) is 19.9. The molecule has 3 rings (SSSR count). The molecule has 0 aliphatic carbocycles. The molecule has 2 heterocycles. The number of rotatable bonds is 2. The van der Waals surface area contributed by atoms with Gasteiger partial charge in [0.2, 0.25) is 5.91 Å². The van der Waals surface area contributed by atoms with Gasteiger partial charge >= 0.3 is 0 Å². The van der Waals surface area contributed by atoms with Crippen molar-refractivity contribution in [2.24, 2.45) is 4.99 Å². The second kappa shape index (κ2) is 7.00. The van der Waals surface area contributed by atoms with E-state index in [-0.39, 0.29) is 11.8 Å². The first-order valence-corrected chi connectivity index (χ1v) is 8.58. The molecular formula is C17H19N3O2S. The summed E-state index contributed by atoms with van der Waals surface area (Å²) in [5, 5.41) is 3.55. The number of benzene rings is 1. The Hall–Kier alpha value is -2.08. The van der Waals surface area contributed by atoms with E-state index in [1.165, 1.54) is 25.1 Å². The van der Waals surface area contributed by atoms with Crippen molar-refractivity contribution in [1.29, 1.82) is 0 Å². The molecule has 0 aromatic heterocycles. The average Bonchev–Trinajstić information content (AvgIpc) is 2.91. The molecule has 0 spiro atoms. The third kappa shape index (κ3) is 4.01. The largest absolute Gasteiger partial charge is 0.351 e. The van der Waals surface area contributed by atoms with Crippen LogP contribution in [0.1, 0.15) is 31.7 Å². The van der Waals surface area contributed by atoms with Crippen LogP contribution in [0.4, 0.5) is 5.69 Å². The lowest BCUT2D eigenvalue weighted by molar-refractivity contribution is -0.114. The Morgan fingerprint density at radius 2 is 1.91 bits per heavy atom. The lowest BCUT2D eigenvalue weighted by Gasteiger charge is -2.27. The number of amides is 2. The van der Waals surface area contributed by atoms with Crippen LogP contribution in [0.15, 0.2) is 34.2 Å². The monoisotopic (exact) mass is 329 g/mol. The maximum Gasteiger partial charge on any atom is 0.286 e. The summed E-state index contributed by atoms with van der Waals surface area (Å²) in [6.45, 7) is 3.44. The van der Waals surface area contributed by atoms with Crippen LogP contribution in [-0.2, 0) is 9.59 Å². The van der Waals surface area contributed by atoms with Gasteiger partial charge in [-0.05, 0) is 54.8 Å². The molecule has 23 heavy (non-hydrogen) atoms. The highest BCUT2D eigenvalue weighted by Gasteiger charge is 2.26. The molecular weight excluding hydrogens is 310 g/mol. The molecule has 0 unspecified atom stereocenters. The van der Waals surface area contributed by atoms with Gasteiger partial charge in [0, 0.05) is 25.7 Å². The van der Waals surface area contributed by atoms with E-state index in [9.17, 15) is 9.59 Å². The fourth-order valence-corrected chi connectivity index (χ4v) is 3.60. The lowest BCUT2D eigenvalue weighted by Crippen LogP contribution is -2.33. The quantitative estimate of drug-likeness (QED) is 0.847. The number of piperidine rings is 1. The van der Waals surface area contributed by atoms with Crippen LogP contribution in [0.25, 0.3) is 6.08 Å². The van der Waals surface area contributed by atoms with Crippen LogP contribution >= 0.6 is 11.8 Å². The van der Waals surface area contributed by atoms with Crippen molar-refractivity contribution in [2.75, 3.05) is 18.4 Å². The number of aliphatic imine (C=N–C) groups is 1. The molecule has 1 fully saturated rings. The van der Waals surface area contributed by atoms with Gasteiger partial charge in [0.1, 0.15) is 0 Å². The predicted octanol–water partition coefficient (Wildman–Crippen LogP) is 3.10. The van der Waals surface area contributed by atoms with Crippen LogP contribution in [0.3, 0.4) is 0 Å². The number of carbonyl (C=O) groups is 2. The van der Waals surface area contributed by atoms with E-state index in [0.29, 0.717) is 4.91 Å². The number of carbonyl (C=O) groups excluding carboxylic acids is 2. The average molecular weight is 329 g/mol. The molecule has 2 amide bonds. The minimum absolute atomic E-state index is 0.0998. The number of hydrogen-bond acceptors (Lipinski definition) is 4. The maximum absolute atomic E-state index is 12.1. The summed E-state index contributed by atoms with van der Waals surface area (Å²) >= 11 is 1.45. The zero-order valence-electron chi connectivity index (χ0n) is 13.0. The fraction of sp³-hybridized carbons (Fsp3) is 0.353. The van der Waals surface area contributed by atoms with Crippen molar-refractivity contribution in [3.05, 3.63) is 34.7 Å². The van der Waals surface area contributed by atoms with Crippen LogP contribution in [0.2, 0.25) is 0 Å². The van der Waals surface area contributed by atoms with Crippen LogP contribution < -0.4 is 5.32 Å². The third-order valence-corrected chi connectivity index (χ3v) is 4.81. The molecule has 0 saturated carbocycles. The van der Waals surface area contributed by atoms with Crippen molar-refractivity contribution < 1.29 is 9.59 Å². The van der Waals surface area contributed by atoms with Crippen molar-refractivity contribution in [1.82, 2.24) is 4.90 Å². The zero-order chi connectivity index (χ0) is 16.2. The number of anilines is 1. The number of likely N-dealkylation sites (tertiary alicyclic amines) is 1. The minimum atomic E-state index is -0.165. The Bertz CT molecular complexity index is 674. The van der Waals surface area contributed by atoms with Gasteiger partial charge in [0.15, 0.2) is 5.17 Å². The van der Waals surface area contributed by atoms with Gasteiger partial charge in [-0.1, -0.05) is 12.1 Å². The molecule has 2 aliphatic rings. The van der Waals surface area contributed by atoms with Gasteiger partial charge in [-0.25, -0.2) is 0 Å².